The van der Waals surface area contributed by atoms with Gasteiger partial charge >= 0.3 is 0 Å². The molecule has 1 amide bonds. The lowest BCUT2D eigenvalue weighted by atomic mass is 10.3. The number of pyridine rings is 1. The Bertz CT molecular complexity index is 486. The van der Waals surface area contributed by atoms with Crippen molar-refractivity contribution >= 4 is 11.6 Å². The zero-order valence-electron chi connectivity index (χ0n) is 8.09. The van der Waals surface area contributed by atoms with E-state index in [1.807, 2.05) is 0 Å². The average Bonchev–Trinajstić information content (AvgIpc) is 2.33. The summed E-state index contributed by atoms with van der Waals surface area (Å²) in [5, 5.41) is 9.68. The number of carbonyl (C=O) groups is 1. The fraction of sp³-hybridized carbons (Fsp3) is 0. The van der Waals surface area contributed by atoms with Crippen LogP contribution in [0.3, 0.4) is 0 Å². The first-order valence-electron chi connectivity index (χ1n) is 4.45. The van der Waals surface area contributed by atoms with Gasteiger partial charge in [-0.3, -0.25) is 4.79 Å². The quantitative estimate of drug-likeness (QED) is 0.770. The van der Waals surface area contributed by atoms with E-state index in [1.54, 1.807) is 0 Å². The molecule has 0 aliphatic carbocycles. The summed E-state index contributed by atoms with van der Waals surface area (Å²) >= 11 is 0. The third-order valence-electron chi connectivity index (χ3n) is 1.83. The van der Waals surface area contributed by atoms with Crippen molar-refractivity contribution in [2.45, 2.75) is 0 Å². The number of aromatic nitrogens is 3. The van der Waals surface area contributed by atoms with Crippen LogP contribution in [0.1, 0.15) is 10.4 Å². The SMILES string of the molecule is O=C(Nc1ccc(F)nc1)c1ccnnc1. The summed E-state index contributed by atoms with van der Waals surface area (Å²) in [6, 6.07) is 4.12. The van der Waals surface area contributed by atoms with Crippen molar-refractivity contribution in [2.24, 2.45) is 0 Å². The molecule has 0 aliphatic rings. The zero-order valence-corrected chi connectivity index (χ0v) is 8.09. The predicted molar refractivity (Wildman–Crippen MR) is 54.2 cm³/mol. The van der Waals surface area contributed by atoms with Crippen LogP contribution >= 0.6 is 0 Å². The molecule has 5 nitrogen and oxygen atoms in total. The molecule has 6 heteroatoms. The first-order valence-corrected chi connectivity index (χ1v) is 4.45. The van der Waals surface area contributed by atoms with Gasteiger partial charge in [0.15, 0.2) is 0 Å². The van der Waals surface area contributed by atoms with Crippen molar-refractivity contribution in [1.29, 1.82) is 0 Å². The summed E-state index contributed by atoms with van der Waals surface area (Å²) < 4.78 is 12.5. The molecule has 16 heavy (non-hydrogen) atoms. The average molecular weight is 218 g/mol. The Kier molecular flexibility index (Phi) is 2.81. The van der Waals surface area contributed by atoms with Crippen molar-refractivity contribution < 1.29 is 9.18 Å². The molecular weight excluding hydrogens is 211 g/mol. The molecule has 2 aromatic heterocycles. The summed E-state index contributed by atoms with van der Waals surface area (Å²) in [5.74, 6) is -0.938. The normalized spacial score (nSPS) is 9.81. The molecule has 0 spiro atoms. The van der Waals surface area contributed by atoms with Gasteiger partial charge in [-0.1, -0.05) is 0 Å². The maximum Gasteiger partial charge on any atom is 0.257 e. The Labute approximate surface area is 90.4 Å². The third kappa shape index (κ3) is 2.35. The van der Waals surface area contributed by atoms with Crippen LogP contribution in [0.25, 0.3) is 0 Å². The van der Waals surface area contributed by atoms with Gasteiger partial charge in [-0.15, -0.1) is 0 Å². The molecule has 1 N–H and O–H groups in total. The molecule has 0 saturated carbocycles. The molecule has 2 heterocycles. The minimum atomic E-state index is -0.594. The first-order chi connectivity index (χ1) is 7.75. The van der Waals surface area contributed by atoms with Gasteiger partial charge < -0.3 is 5.32 Å². The number of nitrogens with one attached hydrogen (secondary N) is 1. The summed E-state index contributed by atoms with van der Waals surface area (Å²) in [7, 11) is 0. The maximum atomic E-state index is 12.5. The van der Waals surface area contributed by atoms with Gasteiger partial charge in [0.25, 0.3) is 5.91 Å². The van der Waals surface area contributed by atoms with Crippen molar-refractivity contribution in [2.75, 3.05) is 5.32 Å². The van der Waals surface area contributed by atoms with E-state index in [4.69, 9.17) is 0 Å². The van der Waals surface area contributed by atoms with E-state index in [9.17, 15) is 9.18 Å². The lowest BCUT2D eigenvalue weighted by Gasteiger charge is -2.03. The Hall–Kier alpha value is -2.37. The smallest absolute Gasteiger partial charge is 0.257 e. The largest absolute Gasteiger partial charge is 0.321 e. The van der Waals surface area contributed by atoms with Crippen LogP contribution in [0.15, 0.2) is 36.8 Å². The van der Waals surface area contributed by atoms with Gasteiger partial charge in [-0.2, -0.15) is 14.6 Å². The number of anilines is 1. The predicted octanol–water partition coefficient (Wildman–Crippen LogP) is 1.26. The van der Waals surface area contributed by atoms with Gasteiger partial charge in [0.05, 0.1) is 29.8 Å². The highest BCUT2D eigenvalue weighted by atomic mass is 19.1. The Balaban J connectivity index is 2.11. The summed E-state index contributed by atoms with van der Waals surface area (Å²) in [6.45, 7) is 0. The molecular formula is C10H7FN4O. The van der Waals surface area contributed by atoms with Crippen LogP contribution in [0.5, 0.6) is 0 Å². The Morgan fingerprint density at radius 3 is 2.69 bits per heavy atom. The molecule has 0 unspecified atom stereocenters. The van der Waals surface area contributed by atoms with Gasteiger partial charge in [-0.05, 0) is 18.2 Å². The highest BCUT2D eigenvalue weighted by Gasteiger charge is 2.05. The second kappa shape index (κ2) is 4.43. The number of amides is 1. The number of nitrogens with zero attached hydrogens (tertiary/aromatic N) is 3. The highest BCUT2D eigenvalue weighted by Crippen LogP contribution is 2.07. The number of hydrogen-bond donors (Lipinski definition) is 1. The number of rotatable bonds is 2. The van der Waals surface area contributed by atoms with Gasteiger partial charge in [0.2, 0.25) is 5.95 Å². The Morgan fingerprint density at radius 2 is 2.06 bits per heavy atom. The second-order valence-electron chi connectivity index (χ2n) is 2.95. The zero-order chi connectivity index (χ0) is 11.4. The van der Waals surface area contributed by atoms with E-state index in [2.05, 4.69) is 20.5 Å². The first kappa shape index (κ1) is 10.2. The van der Waals surface area contributed by atoms with Crippen molar-refractivity contribution in [1.82, 2.24) is 15.2 Å². The molecule has 0 fully saturated rings. The standard InChI is InChI=1S/C10H7FN4O/c11-9-2-1-8(6-12-9)15-10(16)7-3-4-13-14-5-7/h1-6H,(H,15,16). The van der Waals surface area contributed by atoms with Crippen LogP contribution in [0.2, 0.25) is 0 Å². The molecule has 80 valence electrons. The van der Waals surface area contributed by atoms with Crippen LogP contribution in [0, 0.1) is 5.95 Å². The number of halogens is 1. The highest BCUT2D eigenvalue weighted by molar-refractivity contribution is 6.03. The van der Waals surface area contributed by atoms with Gasteiger partial charge in [0, 0.05) is 0 Å². The van der Waals surface area contributed by atoms with Crippen molar-refractivity contribution in [3.05, 3.63) is 48.3 Å². The van der Waals surface area contributed by atoms with E-state index < -0.39 is 5.95 Å². The van der Waals surface area contributed by atoms with E-state index in [0.29, 0.717) is 11.3 Å². The molecule has 0 atom stereocenters. The molecule has 0 bridgehead atoms. The minimum absolute atomic E-state index is 0.344. The number of hydrogen-bond acceptors (Lipinski definition) is 4. The third-order valence-corrected chi connectivity index (χ3v) is 1.83. The van der Waals surface area contributed by atoms with E-state index in [-0.39, 0.29) is 5.91 Å². The summed E-state index contributed by atoms with van der Waals surface area (Å²) in [6.07, 6.45) is 3.99. The number of carbonyl (C=O) groups excluding carboxylic acids is 1. The molecule has 0 radical (unpaired) electrons. The molecule has 0 aliphatic heterocycles. The molecule has 2 aromatic rings. The Morgan fingerprint density at radius 1 is 1.19 bits per heavy atom. The maximum absolute atomic E-state index is 12.5. The van der Waals surface area contributed by atoms with Crippen molar-refractivity contribution in [3.63, 3.8) is 0 Å². The topological polar surface area (TPSA) is 67.8 Å². The lowest BCUT2D eigenvalue weighted by Crippen LogP contribution is -2.12. The van der Waals surface area contributed by atoms with Gasteiger partial charge in [0.1, 0.15) is 0 Å². The van der Waals surface area contributed by atoms with Crippen LogP contribution in [0.4, 0.5) is 10.1 Å². The fourth-order valence-corrected chi connectivity index (χ4v) is 1.08. The van der Waals surface area contributed by atoms with Crippen LogP contribution in [-0.4, -0.2) is 21.1 Å². The summed E-state index contributed by atoms with van der Waals surface area (Å²) in [5.41, 5.74) is 0.794. The monoisotopic (exact) mass is 218 g/mol. The van der Waals surface area contributed by atoms with E-state index in [1.165, 1.54) is 36.8 Å². The molecule has 0 saturated heterocycles. The fourth-order valence-electron chi connectivity index (χ4n) is 1.08. The van der Waals surface area contributed by atoms with E-state index in [0.717, 1.165) is 0 Å². The van der Waals surface area contributed by atoms with Crippen molar-refractivity contribution in [3.8, 4) is 0 Å². The lowest BCUT2D eigenvalue weighted by molar-refractivity contribution is 0.102. The summed E-state index contributed by atoms with van der Waals surface area (Å²) in [4.78, 5) is 15.0. The van der Waals surface area contributed by atoms with E-state index >= 15 is 0 Å². The molecule has 2 rings (SSSR count). The molecule has 0 aromatic carbocycles. The van der Waals surface area contributed by atoms with Crippen LogP contribution in [-0.2, 0) is 0 Å². The minimum Gasteiger partial charge on any atom is -0.321 e. The van der Waals surface area contributed by atoms with Gasteiger partial charge in [-0.25, -0.2) is 4.98 Å². The second-order valence-corrected chi connectivity index (χ2v) is 2.95. The van der Waals surface area contributed by atoms with Crippen LogP contribution < -0.4 is 5.32 Å².